The Morgan fingerprint density at radius 2 is 1.68 bits per heavy atom. The van der Waals surface area contributed by atoms with Gasteiger partial charge >= 0.3 is 5.91 Å². The number of aromatic nitrogens is 2. The van der Waals surface area contributed by atoms with Gasteiger partial charge in [-0.3, -0.25) is 19.5 Å². The molecule has 1 N–H and O–H groups in total. The third kappa shape index (κ3) is 4.13. The van der Waals surface area contributed by atoms with Crippen LogP contribution in [0.15, 0.2) is 60.4 Å². The number of benzene rings is 2. The van der Waals surface area contributed by atoms with Crippen molar-refractivity contribution in [2.24, 2.45) is 0 Å². The second kappa shape index (κ2) is 9.72. The van der Waals surface area contributed by atoms with Crippen LogP contribution >= 0.6 is 22.9 Å². The number of thiazole rings is 1. The van der Waals surface area contributed by atoms with E-state index in [1.807, 2.05) is 0 Å². The largest absolute Gasteiger partial charge is 0.507 e. The van der Waals surface area contributed by atoms with Gasteiger partial charge in [0, 0.05) is 23.0 Å². The Hall–Kier alpha value is -4.15. The summed E-state index contributed by atoms with van der Waals surface area (Å²) < 4.78 is 17.2. The Bertz CT molecular complexity index is 1540. The van der Waals surface area contributed by atoms with Gasteiger partial charge < -0.3 is 19.3 Å². The maximum absolute atomic E-state index is 13.5. The van der Waals surface area contributed by atoms with E-state index in [1.54, 1.807) is 42.5 Å². The predicted octanol–water partition coefficient (Wildman–Crippen LogP) is 5.00. The van der Waals surface area contributed by atoms with Crippen LogP contribution in [-0.4, -0.2) is 48.1 Å². The molecule has 188 valence electrons. The van der Waals surface area contributed by atoms with E-state index < -0.39 is 17.7 Å². The Balaban J connectivity index is 1.79. The van der Waals surface area contributed by atoms with Gasteiger partial charge in [0.2, 0.25) is 5.75 Å². The molecular formula is C26H20ClN3O6S. The van der Waals surface area contributed by atoms with Crippen molar-refractivity contribution < 1.29 is 28.9 Å². The number of hydrogen-bond acceptors (Lipinski definition) is 9. The van der Waals surface area contributed by atoms with E-state index in [0.29, 0.717) is 38.9 Å². The predicted molar refractivity (Wildman–Crippen MR) is 140 cm³/mol. The summed E-state index contributed by atoms with van der Waals surface area (Å²) in [6.07, 6.45) is 2.97. The number of hydrogen-bond donors (Lipinski definition) is 1. The molecule has 0 bridgehead atoms. The average Bonchev–Trinajstić information content (AvgIpc) is 3.45. The number of anilines is 1. The highest BCUT2D eigenvalue weighted by atomic mass is 35.5. The molecule has 1 amide bonds. The minimum absolute atomic E-state index is 0.109. The van der Waals surface area contributed by atoms with Gasteiger partial charge in [0.05, 0.1) is 43.2 Å². The molecule has 1 aliphatic rings. The molecule has 37 heavy (non-hydrogen) atoms. The van der Waals surface area contributed by atoms with Crippen molar-refractivity contribution in [3.63, 3.8) is 0 Å². The first-order chi connectivity index (χ1) is 17.9. The maximum atomic E-state index is 13.5. The lowest BCUT2D eigenvalue weighted by Crippen LogP contribution is -2.29. The summed E-state index contributed by atoms with van der Waals surface area (Å²) in [5, 5.41) is 12.1. The molecule has 11 heteroatoms. The smallest absolute Gasteiger partial charge is 0.301 e. The minimum Gasteiger partial charge on any atom is -0.507 e. The van der Waals surface area contributed by atoms with Crippen LogP contribution in [0.5, 0.6) is 17.2 Å². The van der Waals surface area contributed by atoms with Crippen LogP contribution in [0.2, 0.25) is 5.02 Å². The van der Waals surface area contributed by atoms with Gasteiger partial charge in [-0.25, -0.2) is 4.98 Å². The zero-order chi connectivity index (χ0) is 26.3. The Morgan fingerprint density at radius 1 is 1.00 bits per heavy atom. The molecule has 9 nitrogen and oxygen atoms in total. The monoisotopic (exact) mass is 537 g/mol. The van der Waals surface area contributed by atoms with Crippen LogP contribution in [0.1, 0.15) is 17.2 Å². The molecule has 2 aromatic carbocycles. The molecule has 1 aliphatic heterocycles. The molecule has 0 aliphatic carbocycles. The molecular weight excluding hydrogens is 518 g/mol. The SMILES string of the molecule is COc1cc(C2C(=C(O)c3ccncc3)C(=O)C(=O)N2c2nc3ccc(Cl)cc3s2)cc(OC)c1OC. The van der Waals surface area contributed by atoms with Gasteiger partial charge in [-0.05, 0) is 48.0 Å². The molecule has 1 saturated heterocycles. The van der Waals surface area contributed by atoms with Crippen molar-refractivity contribution in [3.8, 4) is 17.2 Å². The number of pyridine rings is 1. The number of fused-ring (bicyclic) bond motifs is 1. The summed E-state index contributed by atoms with van der Waals surface area (Å²) >= 11 is 7.36. The lowest BCUT2D eigenvalue weighted by atomic mass is 9.95. The maximum Gasteiger partial charge on any atom is 0.301 e. The minimum atomic E-state index is -1.04. The summed E-state index contributed by atoms with van der Waals surface area (Å²) in [6, 6.07) is 10.5. The molecule has 0 spiro atoms. The van der Waals surface area contributed by atoms with Crippen molar-refractivity contribution in [3.05, 3.63) is 76.6 Å². The van der Waals surface area contributed by atoms with Crippen molar-refractivity contribution in [1.29, 1.82) is 0 Å². The zero-order valence-electron chi connectivity index (χ0n) is 19.9. The zero-order valence-corrected chi connectivity index (χ0v) is 21.5. The number of nitrogens with zero attached hydrogens (tertiary/aromatic N) is 3. The van der Waals surface area contributed by atoms with E-state index in [9.17, 15) is 14.7 Å². The first-order valence-electron chi connectivity index (χ1n) is 10.9. The molecule has 1 atom stereocenters. The molecule has 1 fully saturated rings. The number of halogens is 1. The summed E-state index contributed by atoms with van der Waals surface area (Å²) in [4.78, 5) is 36.7. The van der Waals surface area contributed by atoms with Gasteiger partial charge in [0.25, 0.3) is 5.78 Å². The fraction of sp³-hybridized carbons (Fsp3) is 0.154. The first-order valence-corrected chi connectivity index (χ1v) is 12.1. The fourth-order valence-electron chi connectivity index (χ4n) is 4.26. The van der Waals surface area contributed by atoms with E-state index in [4.69, 9.17) is 25.8 Å². The highest BCUT2D eigenvalue weighted by molar-refractivity contribution is 7.22. The quantitative estimate of drug-likeness (QED) is 0.208. The third-order valence-electron chi connectivity index (χ3n) is 5.95. The van der Waals surface area contributed by atoms with Gasteiger partial charge in [0.1, 0.15) is 5.76 Å². The van der Waals surface area contributed by atoms with Crippen LogP contribution in [0.3, 0.4) is 0 Å². The number of methoxy groups -OCH3 is 3. The van der Waals surface area contributed by atoms with Crippen molar-refractivity contribution in [2.75, 3.05) is 26.2 Å². The average molecular weight is 538 g/mol. The molecule has 1 unspecified atom stereocenters. The normalized spacial score (nSPS) is 16.9. The number of carbonyl (C=O) groups excluding carboxylic acids is 2. The molecule has 2 aromatic heterocycles. The van der Waals surface area contributed by atoms with Crippen LogP contribution in [-0.2, 0) is 9.59 Å². The highest BCUT2D eigenvalue weighted by Crippen LogP contribution is 2.48. The Morgan fingerprint density at radius 3 is 2.30 bits per heavy atom. The lowest BCUT2D eigenvalue weighted by Gasteiger charge is -2.24. The van der Waals surface area contributed by atoms with Gasteiger partial charge in [-0.15, -0.1) is 0 Å². The summed E-state index contributed by atoms with van der Waals surface area (Å²) in [7, 11) is 4.40. The number of ketones is 1. The second-order valence-electron chi connectivity index (χ2n) is 7.97. The van der Waals surface area contributed by atoms with Gasteiger partial charge in [-0.2, -0.15) is 0 Å². The van der Waals surface area contributed by atoms with Gasteiger partial charge in [-0.1, -0.05) is 22.9 Å². The molecule has 0 radical (unpaired) electrons. The summed E-state index contributed by atoms with van der Waals surface area (Å²) in [5.74, 6) is -1.05. The van der Waals surface area contributed by atoms with Crippen molar-refractivity contribution in [1.82, 2.24) is 9.97 Å². The molecule has 0 saturated carbocycles. The van der Waals surface area contributed by atoms with Crippen LogP contribution in [0, 0.1) is 0 Å². The number of aliphatic hydroxyl groups is 1. The fourth-order valence-corrected chi connectivity index (χ4v) is 5.53. The number of carbonyl (C=O) groups is 2. The summed E-state index contributed by atoms with van der Waals surface area (Å²) in [5.41, 5.74) is 1.29. The standard InChI is InChI=1S/C26H20ClN3O6S/c1-34-17-10-14(11-18(35-2)24(17)36-3)21-20(22(31)13-6-8-28-9-7-13)23(32)25(33)30(21)26-29-16-5-4-15(27)12-19(16)37-26/h4-12,21,31H,1-3H3. The topological polar surface area (TPSA) is 111 Å². The summed E-state index contributed by atoms with van der Waals surface area (Å²) in [6.45, 7) is 0. The molecule has 5 rings (SSSR count). The number of aliphatic hydroxyl groups excluding tert-OH is 1. The first kappa shape index (κ1) is 24.5. The van der Waals surface area contributed by atoms with E-state index in [-0.39, 0.29) is 16.5 Å². The molecule has 4 aromatic rings. The number of Topliss-reactive ketones (excluding diaryl/α,β-unsaturated/α-hetero) is 1. The lowest BCUT2D eigenvalue weighted by molar-refractivity contribution is -0.132. The van der Waals surface area contributed by atoms with Gasteiger partial charge in [0.15, 0.2) is 16.6 Å². The van der Waals surface area contributed by atoms with E-state index in [1.165, 1.54) is 50.0 Å². The number of rotatable bonds is 6. The molecule has 3 heterocycles. The van der Waals surface area contributed by atoms with Crippen LogP contribution in [0.4, 0.5) is 5.13 Å². The number of ether oxygens (including phenoxy) is 3. The van der Waals surface area contributed by atoms with Crippen LogP contribution < -0.4 is 19.1 Å². The second-order valence-corrected chi connectivity index (χ2v) is 9.42. The third-order valence-corrected chi connectivity index (χ3v) is 7.20. The number of amides is 1. The van der Waals surface area contributed by atoms with Crippen molar-refractivity contribution in [2.45, 2.75) is 6.04 Å². The highest BCUT2D eigenvalue weighted by Gasteiger charge is 2.48. The Kier molecular flexibility index (Phi) is 6.45. The van der Waals surface area contributed by atoms with E-state index in [2.05, 4.69) is 9.97 Å². The Labute approximate surface area is 220 Å². The van der Waals surface area contributed by atoms with Crippen LogP contribution in [0.25, 0.3) is 16.0 Å². The van der Waals surface area contributed by atoms with E-state index >= 15 is 0 Å². The van der Waals surface area contributed by atoms with E-state index in [0.717, 1.165) is 4.70 Å². The van der Waals surface area contributed by atoms with Crippen molar-refractivity contribution >= 4 is 55.7 Å².